The summed E-state index contributed by atoms with van der Waals surface area (Å²) in [5.41, 5.74) is 3.58. The Morgan fingerprint density at radius 3 is 2.20 bits per heavy atom. The van der Waals surface area contributed by atoms with E-state index >= 15 is 0 Å². The average Bonchev–Trinajstić information content (AvgIpc) is 2.91. The zero-order valence-corrected chi connectivity index (χ0v) is 25.1. The van der Waals surface area contributed by atoms with Crippen LogP contribution in [0.25, 0.3) is 0 Å². The molecule has 0 spiro atoms. The van der Waals surface area contributed by atoms with E-state index in [1.54, 1.807) is 30.3 Å². The topological polar surface area (TPSA) is 86.8 Å². The van der Waals surface area contributed by atoms with E-state index in [1.807, 2.05) is 57.2 Å². The maximum absolute atomic E-state index is 14.7. The Bertz CT molecular complexity index is 1410. The van der Waals surface area contributed by atoms with Crippen molar-refractivity contribution in [3.63, 3.8) is 0 Å². The van der Waals surface area contributed by atoms with Gasteiger partial charge in [0.1, 0.15) is 11.9 Å². The lowest BCUT2D eigenvalue weighted by molar-refractivity contribution is -0.141. The Kier molecular flexibility index (Phi) is 11.5. The summed E-state index contributed by atoms with van der Waals surface area (Å²) < 4.78 is 41.4. The summed E-state index contributed by atoms with van der Waals surface area (Å²) in [6.07, 6.45) is 2.34. The van der Waals surface area contributed by atoms with Crippen molar-refractivity contribution in [3.05, 3.63) is 101 Å². The van der Waals surface area contributed by atoms with Gasteiger partial charge in [-0.1, -0.05) is 61.5 Å². The minimum Gasteiger partial charge on any atom is -0.354 e. The van der Waals surface area contributed by atoms with Crippen molar-refractivity contribution >= 4 is 27.5 Å². The molecule has 1 atom stereocenters. The van der Waals surface area contributed by atoms with Crippen molar-refractivity contribution in [2.24, 2.45) is 0 Å². The van der Waals surface area contributed by atoms with Crippen molar-refractivity contribution in [2.75, 3.05) is 23.7 Å². The maximum atomic E-state index is 14.7. The number of rotatable bonds is 14. The quantitative estimate of drug-likeness (QED) is 0.285. The van der Waals surface area contributed by atoms with Crippen LogP contribution in [0.3, 0.4) is 0 Å². The van der Waals surface area contributed by atoms with E-state index in [9.17, 15) is 22.4 Å². The lowest BCUT2D eigenvalue weighted by atomic mass is 10.0. The molecule has 3 aromatic carbocycles. The molecule has 0 aromatic heterocycles. The standard InChI is InChI=1S/C32H40FN3O4S/c1-5-17-34-32(38)30(22-26-12-7-6-8-13-26)35(23-27-14-9-10-15-29(27)33)31(37)16-11-18-36(41(4,39)40)28-20-24(2)19-25(3)21-28/h6-10,12-15,19-21,30H,5,11,16-18,22-23H2,1-4H3,(H,34,38)/t30-/m1/s1. The van der Waals surface area contributed by atoms with Crippen molar-refractivity contribution < 1.29 is 22.4 Å². The van der Waals surface area contributed by atoms with Gasteiger partial charge in [0.25, 0.3) is 0 Å². The molecule has 0 unspecified atom stereocenters. The zero-order chi connectivity index (χ0) is 30.0. The van der Waals surface area contributed by atoms with Crippen LogP contribution in [0, 0.1) is 19.7 Å². The van der Waals surface area contributed by atoms with E-state index in [4.69, 9.17) is 0 Å². The third kappa shape index (κ3) is 9.42. The number of hydrogen-bond acceptors (Lipinski definition) is 4. The summed E-state index contributed by atoms with van der Waals surface area (Å²) in [6, 6.07) is 20.3. The molecule has 3 aromatic rings. The Morgan fingerprint density at radius 1 is 0.951 bits per heavy atom. The van der Waals surface area contributed by atoms with E-state index in [0.29, 0.717) is 17.8 Å². The zero-order valence-electron chi connectivity index (χ0n) is 24.3. The van der Waals surface area contributed by atoms with Crippen LogP contribution in [-0.2, 0) is 32.6 Å². The molecule has 0 fully saturated rings. The van der Waals surface area contributed by atoms with Gasteiger partial charge in [-0.2, -0.15) is 0 Å². The molecule has 0 heterocycles. The van der Waals surface area contributed by atoms with Crippen LogP contribution in [-0.4, -0.2) is 50.5 Å². The molecule has 2 amide bonds. The van der Waals surface area contributed by atoms with Gasteiger partial charge in [0.15, 0.2) is 0 Å². The van der Waals surface area contributed by atoms with Gasteiger partial charge in [-0.15, -0.1) is 0 Å². The number of halogens is 1. The van der Waals surface area contributed by atoms with E-state index < -0.39 is 21.9 Å². The number of nitrogens with one attached hydrogen (secondary N) is 1. The molecule has 7 nitrogen and oxygen atoms in total. The van der Waals surface area contributed by atoms with Gasteiger partial charge >= 0.3 is 0 Å². The summed E-state index contributed by atoms with van der Waals surface area (Å²) in [5, 5.41) is 2.90. The molecule has 0 aliphatic heterocycles. The van der Waals surface area contributed by atoms with E-state index in [0.717, 1.165) is 29.4 Å². The predicted molar refractivity (Wildman–Crippen MR) is 162 cm³/mol. The molecule has 0 aliphatic carbocycles. The number of amides is 2. The molecule has 220 valence electrons. The number of sulfonamides is 1. The first kappa shape index (κ1) is 31.8. The summed E-state index contributed by atoms with van der Waals surface area (Å²) in [7, 11) is -3.61. The normalized spacial score (nSPS) is 12.0. The fourth-order valence-electron chi connectivity index (χ4n) is 4.83. The average molecular weight is 582 g/mol. The molecule has 0 radical (unpaired) electrons. The molecule has 0 bridgehead atoms. The highest BCUT2D eigenvalue weighted by Crippen LogP contribution is 2.23. The molecule has 9 heteroatoms. The molecule has 0 aliphatic rings. The van der Waals surface area contributed by atoms with Crippen LogP contribution < -0.4 is 9.62 Å². The number of benzene rings is 3. The Morgan fingerprint density at radius 2 is 1.59 bits per heavy atom. The third-order valence-electron chi connectivity index (χ3n) is 6.77. The molecule has 1 N–H and O–H groups in total. The lowest BCUT2D eigenvalue weighted by Crippen LogP contribution is -2.50. The molecule has 41 heavy (non-hydrogen) atoms. The molecular weight excluding hydrogens is 541 g/mol. The van der Waals surface area contributed by atoms with Crippen LogP contribution in [0.2, 0.25) is 0 Å². The van der Waals surface area contributed by atoms with Crippen molar-refractivity contribution in [2.45, 2.75) is 59.0 Å². The van der Waals surface area contributed by atoms with Crippen LogP contribution >= 0.6 is 0 Å². The first-order valence-electron chi connectivity index (χ1n) is 13.9. The van der Waals surface area contributed by atoms with Crippen molar-refractivity contribution in [1.29, 1.82) is 0 Å². The Labute approximate surface area is 243 Å². The Hall–Kier alpha value is -3.72. The first-order valence-corrected chi connectivity index (χ1v) is 15.7. The SMILES string of the molecule is CCCNC(=O)[C@@H](Cc1ccccc1)N(Cc1ccccc1F)C(=O)CCCN(c1cc(C)cc(C)c1)S(C)(=O)=O. The van der Waals surface area contributed by atoms with Gasteiger partial charge in [-0.3, -0.25) is 13.9 Å². The van der Waals surface area contributed by atoms with E-state index in [-0.39, 0.29) is 44.2 Å². The van der Waals surface area contributed by atoms with Crippen molar-refractivity contribution in [1.82, 2.24) is 10.2 Å². The van der Waals surface area contributed by atoms with Gasteiger partial charge < -0.3 is 10.2 Å². The number of carbonyl (C=O) groups is 2. The second-order valence-corrected chi connectivity index (χ2v) is 12.3. The van der Waals surface area contributed by atoms with Crippen LogP contribution in [0.5, 0.6) is 0 Å². The molecule has 3 rings (SSSR count). The highest BCUT2D eigenvalue weighted by molar-refractivity contribution is 7.92. The van der Waals surface area contributed by atoms with Crippen LogP contribution in [0.15, 0.2) is 72.8 Å². The monoisotopic (exact) mass is 581 g/mol. The number of aryl methyl sites for hydroxylation is 2. The smallest absolute Gasteiger partial charge is 0.243 e. The highest BCUT2D eigenvalue weighted by atomic mass is 32.2. The van der Waals surface area contributed by atoms with Gasteiger partial charge in [0, 0.05) is 38.0 Å². The second-order valence-electron chi connectivity index (χ2n) is 10.4. The van der Waals surface area contributed by atoms with Gasteiger partial charge in [-0.25, -0.2) is 12.8 Å². The first-order chi connectivity index (χ1) is 19.5. The lowest BCUT2D eigenvalue weighted by Gasteiger charge is -2.32. The largest absolute Gasteiger partial charge is 0.354 e. The van der Waals surface area contributed by atoms with Gasteiger partial charge in [0.05, 0.1) is 11.9 Å². The number of hydrogen-bond donors (Lipinski definition) is 1. The second kappa shape index (κ2) is 14.8. The number of anilines is 1. The minimum absolute atomic E-state index is 0.0163. The molecule has 0 saturated carbocycles. The maximum Gasteiger partial charge on any atom is 0.243 e. The minimum atomic E-state index is -3.61. The van der Waals surface area contributed by atoms with E-state index in [1.165, 1.54) is 15.3 Å². The molecular formula is C32H40FN3O4S. The van der Waals surface area contributed by atoms with Gasteiger partial charge in [-0.05, 0) is 61.6 Å². The predicted octanol–water partition coefficient (Wildman–Crippen LogP) is 5.16. The van der Waals surface area contributed by atoms with Crippen LogP contribution in [0.1, 0.15) is 48.4 Å². The number of nitrogens with zero attached hydrogens (tertiary/aromatic N) is 2. The van der Waals surface area contributed by atoms with Crippen molar-refractivity contribution in [3.8, 4) is 0 Å². The Balaban J connectivity index is 1.89. The fourth-order valence-corrected chi connectivity index (χ4v) is 5.78. The van der Waals surface area contributed by atoms with Gasteiger partial charge in [0.2, 0.25) is 21.8 Å². The summed E-state index contributed by atoms with van der Waals surface area (Å²) in [5.74, 6) is -1.13. The van der Waals surface area contributed by atoms with E-state index in [2.05, 4.69) is 5.32 Å². The summed E-state index contributed by atoms with van der Waals surface area (Å²) in [6.45, 7) is 6.19. The molecule has 0 saturated heterocycles. The number of carbonyl (C=O) groups excluding carboxylic acids is 2. The fraction of sp³-hybridized carbons (Fsp3) is 0.375. The highest BCUT2D eigenvalue weighted by Gasteiger charge is 2.31. The third-order valence-corrected chi connectivity index (χ3v) is 7.96. The van der Waals surface area contributed by atoms with Crippen LogP contribution in [0.4, 0.5) is 10.1 Å². The summed E-state index contributed by atoms with van der Waals surface area (Å²) >= 11 is 0. The summed E-state index contributed by atoms with van der Waals surface area (Å²) in [4.78, 5) is 28.6.